The molecule has 0 saturated carbocycles. The van der Waals surface area contributed by atoms with Gasteiger partial charge in [0.2, 0.25) is 11.8 Å². The molecule has 1 aliphatic rings. The number of hydrogen-bond donors (Lipinski definition) is 1. The largest absolute Gasteiger partial charge is 0.345 e. The zero-order valence-electron chi connectivity index (χ0n) is 13.8. The summed E-state index contributed by atoms with van der Waals surface area (Å²) in [4.78, 5) is 26.0. The minimum absolute atomic E-state index is 0.0227. The van der Waals surface area contributed by atoms with Crippen molar-refractivity contribution in [2.24, 2.45) is 5.92 Å². The van der Waals surface area contributed by atoms with Crippen molar-refractivity contribution < 1.29 is 9.59 Å². The van der Waals surface area contributed by atoms with Crippen LogP contribution in [0.1, 0.15) is 36.9 Å². The quantitative estimate of drug-likeness (QED) is 0.927. The van der Waals surface area contributed by atoms with Crippen molar-refractivity contribution in [1.29, 1.82) is 0 Å². The third-order valence-electron chi connectivity index (χ3n) is 4.61. The van der Waals surface area contributed by atoms with Crippen molar-refractivity contribution in [3.63, 3.8) is 0 Å². The van der Waals surface area contributed by atoms with Crippen LogP contribution in [0.2, 0.25) is 0 Å². The van der Waals surface area contributed by atoms with Gasteiger partial charge in [-0.3, -0.25) is 9.59 Å². The van der Waals surface area contributed by atoms with Crippen LogP contribution in [-0.2, 0) is 9.59 Å². The van der Waals surface area contributed by atoms with Gasteiger partial charge in [-0.2, -0.15) is 11.3 Å². The van der Waals surface area contributed by atoms with E-state index in [9.17, 15) is 9.59 Å². The van der Waals surface area contributed by atoms with Crippen molar-refractivity contribution in [3.05, 3.63) is 58.3 Å². The molecule has 0 spiro atoms. The van der Waals surface area contributed by atoms with Crippen molar-refractivity contribution in [2.45, 2.75) is 25.8 Å². The molecular weight excluding hydrogens is 320 g/mol. The summed E-state index contributed by atoms with van der Waals surface area (Å²) in [6.45, 7) is 2.92. The van der Waals surface area contributed by atoms with Gasteiger partial charge in [0, 0.05) is 25.9 Å². The molecule has 5 heteroatoms. The Bertz CT molecular complexity index is 677. The molecule has 1 aliphatic heterocycles. The van der Waals surface area contributed by atoms with Gasteiger partial charge in [-0.15, -0.1) is 0 Å². The van der Waals surface area contributed by atoms with E-state index in [2.05, 4.69) is 16.8 Å². The van der Waals surface area contributed by atoms with Gasteiger partial charge in [-0.1, -0.05) is 30.3 Å². The number of hydrogen-bond acceptors (Lipinski definition) is 3. The number of nitrogens with one attached hydrogen (secondary N) is 1. The summed E-state index contributed by atoms with van der Waals surface area (Å²) in [6.07, 6.45) is 1.47. The monoisotopic (exact) mass is 342 g/mol. The van der Waals surface area contributed by atoms with Crippen molar-refractivity contribution in [1.82, 2.24) is 10.2 Å². The summed E-state index contributed by atoms with van der Waals surface area (Å²) >= 11 is 1.63. The molecule has 1 atom stereocenters. The van der Waals surface area contributed by atoms with E-state index < -0.39 is 0 Å². The minimum atomic E-state index is -0.115. The smallest absolute Gasteiger partial charge is 0.223 e. The summed E-state index contributed by atoms with van der Waals surface area (Å²) in [6, 6.07) is 12.0. The van der Waals surface area contributed by atoms with E-state index in [1.807, 2.05) is 40.6 Å². The fourth-order valence-electron chi connectivity index (χ4n) is 3.16. The first-order valence-corrected chi connectivity index (χ1v) is 9.22. The summed E-state index contributed by atoms with van der Waals surface area (Å²) in [7, 11) is 0. The summed E-state index contributed by atoms with van der Waals surface area (Å²) in [5.41, 5.74) is 2.20. The maximum atomic E-state index is 12.7. The molecular formula is C19H22N2O2S. The standard InChI is InChI=1S/C19H22N2O2S/c1-14(22)21-10-7-16(8-11-21)19(23)20-18(17-9-12-24-13-17)15-5-3-2-4-6-15/h2-6,9,12-13,16,18H,7-8,10-11H2,1H3,(H,20,23). The Hall–Kier alpha value is -2.14. The first kappa shape index (κ1) is 16.7. The Labute approximate surface area is 146 Å². The van der Waals surface area contributed by atoms with Crippen LogP contribution in [0.3, 0.4) is 0 Å². The maximum absolute atomic E-state index is 12.7. The highest BCUT2D eigenvalue weighted by atomic mass is 32.1. The number of likely N-dealkylation sites (tertiary alicyclic amines) is 1. The first-order valence-electron chi connectivity index (χ1n) is 8.28. The van der Waals surface area contributed by atoms with E-state index in [4.69, 9.17) is 0 Å². The van der Waals surface area contributed by atoms with Gasteiger partial charge in [0.1, 0.15) is 0 Å². The van der Waals surface area contributed by atoms with Gasteiger partial charge < -0.3 is 10.2 Å². The van der Waals surface area contributed by atoms with E-state index in [0.29, 0.717) is 13.1 Å². The molecule has 2 heterocycles. The van der Waals surface area contributed by atoms with Gasteiger partial charge in [0.15, 0.2) is 0 Å². The van der Waals surface area contributed by atoms with Crippen LogP contribution >= 0.6 is 11.3 Å². The second kappa shape index (κ2) is 7.62. The topological polar surface area (TPSA) is 49.4 Å². The van der Waals surface area contributed by atoms with E-state index in [-0.39, 0.29) is 23.8 Å². The minimum Gasteiger partial charge on any atom is -0.345 e. The second-order valence-corrected chi connectivity index (χ2v) is 6.97. The van der Waals surface area contributed by atoms with Gasteiger partial charge >= 0.3 is 0 Å². The Morgan fingerprint density at radius 1 is 1.12 bits per heavy atom. The summed E-state index contributed by atoms with van der Waals surface area (Å²) in [5.74, 6) is 0.151. The third kappa shape index (κ3) is 3.85. The van der Waals surface area contributed by atoms with Crippen molar-refractivity contribution in [3.8, 4) is 0 Å². The lowest BCUT2D eigenvalue weighted by molar-refractivity contribution is -0.134. The second-order valence-electron chi connectivity index (χ2n) is 6.19. The van der Waals surface area contributed by atoms with Crippen LogP contribution in [0.25, 0.3) is 0 Å². The highest BCUT2D eigenvalue weighted by molar-refractivity contribution is 7.08. The highest BCUT2D eigenvalue weighted by Gasteiger charge is 2.28. The number of carbonyl (C=O) groups is 2. The van der Waals surface area contributed by atoms with Crippen molar-refractivity contribution >= 4 is 23.2 Å². The predicted octanol–water partition coefficient (Wildman–Crippen LogP) is 3.21. The Morgan fingerprint density at radius 2 is 1.83 bits per heavy atom. The molecule has 1 saturated heterocycles. The number of benzene rings is 1. The molecule has 4 nitrogen and oxygen atoms in total. The van der Waals surface area contributed by atoms with Gasteiger partial charge in [0.25, 0.3) is 0 Å². The Kier molecular flexibility index (Phi) is 5.30. The van der Waals surface area contributed by atoms with Gasteiger partial charge in [0.05, 0.1) is 6.04 Å². The van der Waals surface area contributed by atoms with E-state index in [1.165, 1.54) is 0 Å². The lowest BCUT2D eigenvalue weighted by Crippen LogP contribution is -2.43. The third-order valence-corrected chi connectivity index (χ3v) is 5.31. The lowest BCUT2D eigenvalue weighted by Gasteiger charge is -2.31. The Morgan fingerprint density at radius 3 is 2.42 bits per heavy atom. The normalized spacial score (nSPS) is 16.6. The van der Waals surface area contributed by atoms with Gasteiger partial charge in [-0.05, 0) is 40.8 Å². The molecule has 0 bridgehead atoms. The summed E-state index contributed by atoms with van der Waals surface area (Å²) in [5, 5.41) is 7.32. The lowest BCUT2D eigenvalue weighted by atomic mass is 9.94. The van der Waals surface area contributed by atoms with E-state index in [1.54, 1.807) is 18.3 Å². The van der Waals surface area contributed by atoms with Crippen molar-refractivity contribution in [2.75, 3.05) is 13.1 Å². The molecule has 3 rings (SSSR count). The van der Waals surface area contributed by atoms with Crippen LogP contribution in [0.5, 0.6) is 0 Å². The molecule has 1 aromatic carbocycles. The Balaban J connectivity index is 1.70. The molecule has 0 aliphatic carbocycles. The number of carbonyl (C=O) groups excluding carboxylic acids is 2. The van der Waals surface area contributed by atoms with E-state index in [0.717, 1.165) is 24.0 Å². The summed E-state index contributed by atoms with van der Waals surface area (Å²) < 4.78 is 0. The zero-order chi connectivity index (χ0) is 16.9. The zero-order valence-corrected chi connectivity index (χ0v) is 14.6. The average molecular weight is 342 g/mol. The van der Waals surface area contributed by atoms with Crippen LogP contribution in [-0.4, -0.2) is 29.8 Å². The average Bonchev–Trinajstić information content (AvgIpc) is 3.14. The SMILES string of the molecule is CC(=O)N1CCC(C(=O)NC(c2ccccc2)c2ccsc2)CC1. The highest BCUT2D eigenvalue weighted by Crippen LogP contribution is 2.26. The number of thiophene rings is 1. The fourth-order valence-corrected chi connectivity index (χ4v) is 3.85. The molecule has 1 N–H and O–H groups in total. The first-order chi connectivity index (χ1) is 11.6. The van der Waals surface area contributed by atoms with Crippen LogP contribution in [0.4, 0.5) is 0 Å². The molecule has 126 valence electrons. The van der Waals surface area contributed by atoms with Crippen LogP contribution < -0.4 is 5.32 Å². The number of piperidine rings is 1. The maximum Gasteiger partial charge on any atom is 0.223 e. The number of nitrogens with zero attached hydrogens (tertiary/aromatic N) is 1. The molecule has 2 amide bonds. The fraction of sp³-hybridized carbons (Fsp3) is 0.368. The van der Waals surface area contributed by atoms with Crippen LogP contribution in [0.15, 0.2) is 47.2 Å². The molecule has 1 fully saturated rings. The number of amides is 2. The predicted molar refractivity (Wildman–Crippen MR) is 95.7 cm³/mol. The molecule has 1 unspecified atom stereocenters. The molecule has 0 radical (unpaired) electrons. The molecule has 24 heavy (non-hydrogen) atoms. The van der Waals surface area contributed by atoms with E-state index >= 15 is 0 Å². The molecule has 1 aromatic heterocycles. The van der Waals surface area contributed by atoms with Gasteiger partial charge in [-0.25, -0.2) is 0 Å². The molecule has 2 aromatic rings. The number of rotatable bonds is 4. The van der Waals surface area contributed by atoms with Crippen LogP contribution in [0, 0.1) is 5.92 Å².